The normalized spacial score (nSPS) is 22.3. The molecule has 1 saturated heterocycles. The minimum Gasteiger partial charge on any atom is -0.331 e. The third kappa shape index (κ3) is 5.99. The molecule has 0 spiro atoms. The van der Waals surface area contributed by atoms with Crippen LogP contribution in [0.1, 0.15) is 32.1 Å². The van der Waals surface area contributed by atoms with E-state index in [0.29, 0.717) is 12.1 Å². The molecule has 2 amide bonds. The van der Waals surface area contributed by atoms with Crippen molar-refractivity contribution in [2.75, 3.05) is 37.0 Å². The fraction of sp³-hybridized carbons (Fsp3) is 0.600. The quantitative estimate of drug-likeness (QED) is 0.654. The summed E-state index contributed by atoms with van der Waals surface area (Å²) in [5, 5.41) is 2.69. The van der Waals surface area contributed by atoms with Crippen LogP contribution in [0.4, 0.5) is 10.1 Å². The van der Waals surface area contributed by atoms with Crippen LogP contribution in [0.15, 0.2) is 24.3 Å². The summed E-state index contributed by atoms with van der Waals surface area (Å²) in [6, 6.07) is 5.35. The molecule has 1 aromatic rings. The highest BCUT2D eigenvalue weighted by Crippen LogP contribution is 2.29. The predicted octanol–water partition coefficient (Wildman–Crippen LogP) is 0.237. The molecule has 1 heterocycles. The Morgan fingerprint density at radius 3 is 2.34 bits per heavy atom. The Kier molecular flexibility index (Phi) is 6.89. The molecule has 2 N–H and O–H groups in total. The Hall–Kier alpha value is -2.00. The van der Waals surface area contributed by atoms with Crippen LogP contribution in [0, 0.1) is 5.82 Å². The number of halogens is 1. The molecule has 9 heteroatoms. The first kappa shape index (κ1) is 21.7. The highest BCUT2D eigenvalue weighted by atomic mass is 32.2. The van der Waals surface area contributed by atoms with E-state index in [2.05, 4.69) is 5.32 Å². The zero-order valence-corrected chi connectivity index (χ0v) is 17.5. The molecule has 29 heavy (non-hydrogen) atoms. The maximum absolute atomic E-state index is 13.1. The zero-order chi connectivity index (χ0) is 21.0. The van der Waals surface area contributed by atoms with Gasteiger partial charge in [-0.1, -0.05) is 12.8 Å². The smallest absolute Gasteiger partial charge is 0.279 e. The Labute approximate surface area is 171 Å². The second-order valence-corrected chi connectivity index (χ2v) is 10.4. The van der Waals surface area contributed by atoms with Gasteiger partial charge in [0.1, 0.15) is 5.82 Å². The Morgan fingerprint density at radius 1 is 1.10 bits per heavy atom. The van der Waals surface area contributed by atoms with E-state index in [0.717, 1.165) is 30.6 Å². The van der Waals surface area contributed by atoms with Crippen molar-refractivity contribution in [2.24, 2.45) is 0 Å². The van der Waals surface area contributed by atoms with E-state index in [1.165, 1.54) is 24.3 Å². The minimum atomic E-state index is -3.08. The summed E-state index contributed by atoms with van der Waals surface area (Å²) < 4.78 is 36.8. The molecule has 1 aliphatic carbocycles. The summed E-state index contributed by atoms with van der Waals surface area (Å²) in [5.41, 5.74) is 0.499. The maximum Gasteiger partial charge on any atom is 0.279 e. The molecule has 0 radical (unpaired) electrons. The van der Waals surface area contributed by atoms with Gasteiger partial charge in [-0.05, 0) is 43.5 Å². The molecule has 2 aliphatic rings. The van der Waals surface area contributed by atoms with E-state index in [9.17, 15) is 22.4 Å². The Morgan fingerprint density at radius 2 is 1.76 bits per heavy atom. The molecule has 2 atom stereocenters. The lowest BCUT2D eigenvalue weighted by molar-refractivity contribution is -0.862. The molecule has 0 aromatic heterocycles. The third-order valence-corrected chi connectivity index (χ3v) is 7.40. The van der Waals surface area contributed by atoms with Crippen molar-refractivity contribution in [3.63, 3.8) is 0 Å². The lowest BCUT2D eigenvalue weighted by Crippen LogP contribution is -3.11. The summed E-state index contributed by atoms with van der Waals surface area (Å²) in [6.07, 6.45) is 4.42. The number of hydrogen-bond donors (Lipinski definition) is 2. The number of rotatable bonds is 7. The number of hydrogen-bond acceptors (Lipinski definition) is 4. The largest absolute Gasteiger partial charge is 0.331 e. The first-order valence-corrected chi connectivity index (χ1v) is 11.9. The number of nitrogens with one attached hydrogen (secondary N) is 2. The number of quaternary nitrogens is 1. The van der Waals surface area contributed by atoms with Gasteiger partial charge in [0, 0.05) is 17.8 Å². The van der Waals surface area contributed by atoms with Crippen LogP contribution in [-0.2, 0) is 19.4 Å². The highest BCUT2D eigenvalue weighted by molar-refractivity contribution is 7.91. The van der Waals surface area contributed by atoms with E-state index in [4.69, 9.17) is 0 Å². The lowest BCUT2D eigenvalue weighted by Gasteiger charge is -2.34. The molecule has 160 valence electrons. The Bertz CT molecular complexity index is 838. The lowest BCUT2D eigenvalue weighted by atomic mass is 10.1. The number of benzene rings is 1. The van der Waals surface area contributed by atoms with Gasteiger partial charge in [0.2, 0.25) is 0 Å². The summed E-state index contributed by atoms with van der Waals surface area (Å²) >= 11 is 0. The van der Waals surface area contributed by atoms with Crippen LogP contribution in [0.5, 0.6) is 0 Å². The van der Waals surface area contributed by atoms with Gasteiger partial charge in [-0.3, -0.25) is 9.59 Å². The molecule has 1 aromatic carbocycles. The van der Waals surface area contributed by atoms with E-state index in [-0.39, 0.29) is 54.3 Å². The summed E-state index contributed by atoms with van der Waals surface area (Å²) in [7, 11) is -1.32. The van der Waals surface area contributed by atoms with Crippen molar-refractivity contribution in [3.8, 4) is 0 Å². The van der Waals surface area contributed by atoms with Crippen LogP contribution in [0.25, 0.3) is 0 Å². The van der Waals surface area contributed by atoms with Gasteiger partial charge in [0.05, 0.1) is 18.6 Å². The fourth-order valence-electron chi connectivity index (χ4n) is 4.31. The number of carbonyl (C=O) groups excluding carboxylic acids is 2. The first-order chi connectivity index (χ1) is 13.7. The van der Waals surface area contributed by atoms with Crippen LogP contribution in [-0.4, -0.2) is 68.9 Å². The topological polar surface area (TPSA) is 88.0 Å². The average Bonchev–Trinajstić information content (AvgIpc) is 3.27. The van der Waals surface area contributed by atoms with E-state index < -0.39 is 9.84 Å². The van der Waals surface area contributed by atoms with Crippen molar-refractivity contribution in [3.05, 3.63) is 30.1 Å². The zero-order valence-electron chi connectivity index (χ0n) is 16.7. The van der Waals surface area contributed by atoms with Gasteiger partial charge in [0.25, 0.3) is 11.8 Å². The van der Waals surface area contributed by atoms with Crippen LogP contribution < -0.4 is 10.2 Å². The van der Waals surface area contributed by atoms with Gasteiger partial charge in [0.15, 0.2) is 22.9 Å². The molecule has 3 rings (SSSR count). The molecule has 7 nitrogen and oxygen atoms in total. The number of carbonyl (C=O) groups is 2. The SMILES string of the molecule is C[NH+](CC(=O)Nc1ccc(F)cc1)CC(=O)N(C1CCCC1)[C@@H]1CCS(=O)(=O)C1. The average molecular weight is 427 g/mol. The number of sulfone groups is 1. The molecule has 1 saturated carbocycles. The molecule has 0 bridgehead atoms. The third-order valence-electron chi connectivity index (χ3n) is 5.65. The monoisotopic (exact) mass is 426 g/mol. The van der Waals surface area contributed by atoms with Crippen molar-refractivity contribution in [2.45, 2.75) is 44.2 Å². The number of nitrogens with zero attached hydrogens (tertiary/aromatic N) is 1. The summed E-state index contributed by atoms with van der Waals surface area (Å²) in [6.45, 7) is 0.217. The minimum absolute atomic E-state index is 0.0410. The molecular weight excluding hydrogens is 397 g/mol. The second kappa shape index (κ2) is 9.21. The van der Waals surface area contributed by atoms with Gasteiger partial charge < -0.3 is 15.1 Å². The van der Waals surface area contributed by atoms with E-state index in [1.54, 1.807) is 11.9 Å². The predicted molar refractivity (Wildman–Crippen MR) is 108 cm³/mol. The number of amides is 2. The number of anilines is 1. The summed E-state index contributed by atoms with van der Waals surface area (Å²) in [5.74, 6) is -0.558. The molecule has 2 fully saturated rings. The van der Waals surface area contributed by atoms with Crippen molar-refractivity contribution >= 4 is 27.3 Å². The van der Waals surface area contributed by atoms with Crippen LogP contribution in [0.3, 0.4) is 0 Å². The highest BCUT2D eigenvalue weighted by Gasteiger charge is 2.39. The van der Waals surface area contributed by atoms with E-state index in [1.807, 2.05) is 0 Å². The van der Waals surface area contributed by atoms with Crippen LogP contribution >= 0.6 is 0 Å². The fourth-order valence-corrected chi connectivity index (χ4v) is 6.02. The first-order valence-electron chi connectivity index (χ1n) is 10.1. The van der Waals surface area contributed by atoms with E-state index >= 15 is 0 Å². The van der Waals surface area contributed by atoms with Gasteiger partial charge in [-0.2, -0.15) is 0 Å². The standard InChI is InChI=1S/C20H28FN3O4S/c1-23(12-19(25)22-16-8-6-15(21)7-9-16)13-20(26)24(17-4-2-3-5-17)18-10-11-29(27,28)14-18/h6-9,17-18H,2-5,10-14H2,1H3,(H,22,25)/p+1/t18-/m1/s1. The maximum atomic E-state index is 13.1. The van der Waals surface area contributed by atoms with Crippen molar-refractivity contribution in [1.82, 2.24) is 4.90 Å². The molecule has 1 unspecified atom stereocenters. The molecular formula is C20H29FN3O4S+. The van der Waals surface area contributed by atoms with Crippen LogP contribution in [0.2, 0.25) is 0 Å². The van der Waals surface area contributed by atoms with Gasteiger partial charge >= 0.3 is 0 Å². The summed E-state index contributed by atoms with van der Waals surface area (Å²) in [4.78, 5) is 27.8. The van der Waals surface area contributed by atoms with Crippen molar-refractivity contribution < 1.29 is 27.3 Å². The van der Waals surface area contributed by atoms with Crippen molar-refractivity contribution in [1.29, 1.82) is 0 Å². The van der Waals surface area contributed by atoms with Gasteiger partial charge in [-0.25, -0.2) is 12.8 Å². The number of likely N-dealkylation sites (N-methyl/N-ethyl adjacent to an activating group) is 1. The Balaban J connectivity index is 1.58. The van der Waals surface area contributed by atoms with Gasteiger partial charge in [-0.15, -0.1) is 0 Å². The second-order valence-electron chi connectivity index (χ2n) is 8.16. The molecule has 1 aliphatic heterocycles.